The highest BCUT2D eigenvalue weighted by atomic mass is 79.9. The first-order valence-electron chi connectivity index (χ1n) is 5.94. The number of nitrogen functional groups attached to an aromatic ring is 1. The highest BCUT2D eigenvalue weighted by Crippen LogP contribution is 2.38. The van der Waals surface area contributed by atoms with E-state index in [1.807, 2.05) is 6.92 Å². The van der Waals surface area contributed by atoms with Gasteiger partial charge >= 0.3 is 0 Å². The van der Waals surface area contributed by atoms with Gasteiger partial charge in [0.05, 0.1) is 16.4 Å². The first-order chi connectivity index (χ1) is 8.68. The fraction of sp³-hybridized carbons (Fsp3) is 0.214. The quantitative estimate of drug-likeness (QED) is 0.877. The van der Waals surface area contributed by atoms with E-state index in [4.69, 9.17) is 5.73 Å². The number of fused-ring (bicyclic) bond motifs is 1. The number of para-hydroxylation sites is 1. The van der Waals surface area contributed by atoms with Crippen LogP contribution >= 0.6 is 15.9 Å². The molecule has 0 fully saturated rings. The van der Waals surface area contributed by atoms with E-state index in [0.717, 1.165) is 34.5 Å². The van der Waals surface area contributed by atoms with Crippen LogP contribution in [0.3, 0.4) is 0 Å². The lowest BCUT2D eigenvalue weighted by Gasteiger charge is -2.21. The van der Waals surface area contributed by atoms with E-state index in [0.29, 0.717) is 0 Å². The molecule has 0 aliphatic carbocycles. The van der Waals surface area contributed by atoms with Crippen LogP contribution in [0.5, 0.6) is 0 Å². The molecule has 1 aromatic heterocycles. The number of pyridine rings is 1. The number of nitrogens with zero attached hydrogens (tertiary/aromatic N) is 2. The van der Waals surface area contributed by atoms with E-state index in [1.54, 1.807) is 6.20 Å². The van der Waals surface area contributed by atoms with Crippen LogP contribution < -0.4 is 10.6 Å². The second-order valence-electron chi connectivity index (χ2n) is 4.51. The molecule has 1 aliphatic heterocycles. The smallest absolute Gasteiger partial charge is 0.147 e. The summed E-state index contributed by atoms with van der Waals surface area (Å²) in [4.78, 5) is 6.72. The van der Waals surface area contributed by atoms with Gasteiger partial charge in [0.25, 0.3) is 0 Å². The number of rotatable bonds is 1. The Morgan fingerprint density at radius 2 is 2.11 bits per heavy atom. The Bertz CT molecular complexity index is 610. The van der Waals surface area contributed by atoms with Crippen molar-refractivity contribution in [1.29, 1.82) is 0 Å². The summed E-state index contributed by atoms with van der Waals surface area (Å²) < 4.78 is 0.985. The maximum absolute atomic E-state index is 5.87. The third-order valence-electron chi connectivity index (χ3n) is 3.43. The average Bonchev–Trinajstić information content (AvgIpc) is 2.80. The lowest BCUT2D eigenvalue weighted by atomic mass is 10.2. The first kappa shape index (κ1) is 11.5. The zero-order valence-electron chi connectivity index (χ0n) is 10.2. The molecule has 3 rings (SSSR count). The molecule has 0 bridgehead atoms. The molecule has 0 radical (unpaired) electrons. The van der Waals surface area contributed by atoms with Gasteiger partial charge in [-0.1, -0.05) is 18.2 Å². The van der Waals surface area contributed by atoms with Gasteiger partial charge in [-0.15, -0.1) is 0 Å². The molecule has 2 N–H and O–H groups in total. The summed E-state index contributed by atoms with van der Waals surface area (Å²) in [7, 11) is 0. The van der Waals surface area contributed by atoms with Crippen LogP contribution in [0.1, 0.15) is 11.1 Å². The fourth-order valence-electron chi connectivity index (χ4n) is 2.33. The van der Waals surface area contributed by atoms with E-state index in [9.17, 15) is 0 Å². The highest BCUT2D eigenvalue weighted by molar-refractivity contribution is 9.10. The van der Waals surface area contributed by atoms with Crippen molar-refractivity contribution in [1.82, 2.24) is 4.98 Å². The van der Waals surface area contributed by atoms with Crippen molar-refractivity contribution in [2.24, 2.45) is 0 Å². The first-order valence-corrected chi connectivity index (χ1v) is 6.74. The van der Waals surface area contributed by atoms with Crippen molar-refractivity contribution in [2.75, 3.05) is 17.2 Å². The number of nitrogens with two attached hydrogens (primary N) is 1. The van der Waals surface area contributed by atoms with Gasteiger partial charge in [0, 0.05) is 12.2 Å². The van der Waals surface area contributed by atoms with Gasteiger partial charge in [-0.25, -0.2) is 4.98 Å². The molecule has 0 saturated heterocycles. The van der Waals surface area contributed by atoms with E-state index in [-0.39, 0.29) is 0 Å². The average molecular weight is 304 g/mol. The third-order valence-corrected chi connectivity index (χ3v) is 4.38. The van der Waals surface area contributed by atoms with Crippen molar-refractivity contribution < 1.29 is 0 Å². The number of halogens is 1. The molecule has 3 nitrogen and oxygen atoms in total. The molecular formula is C14H14BrN3. The van der Waals surface area contributed by atoms with Gasteiger partial charge in [-0.05, 0) is 46.5 Å². The van der Waals surface area contributed by atoms with Crippen LogP contribution in [0.2, 0.25) is 0 Å². The molecule has 1 aromatic carbocycles. The summed E-state index contributed by atoms with van der Waals surface area (Å²) in [5, 5.41) is 0. The Morgan fingerprint density at radius 3 is 2.94 bits per heavy atom. The van der Waals surface area contributed by atoms with Gasteiger partial charge < -0.3 is 10.6 Å². The monoisotopic (exact) mass is 303 g/mol. The lowest BCUT2D eigenvalue weighted by molar-refractivity contribution is 0.968. The lowest BCUT2D eigenvalue weighted by Crippen LogP contribution is -2.16. The summed E-state index contributed by atoms with van der Waals surface area (Å²) in [5.74, 6) is 0.951. The molecule has 0 spiro atoms. The van der Waals surface area contributed by atoms with Crippen molar-refractivity contribution in [3.05, 3.63) is 46.1 Å². The number of anilines is 3. The van der Waals surface area contributed by atoms with Crippen LogP contribution in [-0.2, 0) is 6.42 Å². The molecule has 0 atom stereocenters. The predicted octanol–water partition coefficient (Wildman–Crippen LogP) is 3.43. The molecule has 2 aromatic rings. The maximum Gasteiger partial charge on any atom is 0.147 e. The Kier molecular flexibility index (Phi) is 2.74. The Hall–Kier alpha value is -1.55. The number of hydrogen-bond acceptors (Lipinski definition) is 3. The number of hydrogen-bond donors (Lipinski definition) is 1. The molecular weight excluding hydrogens is 290 g/mol. The molecule has 18 heavy (non-hydrogen) atoms. The largest absolute Gasteiger partial charge is 0.397 e. The topological polar surface area (TPSA) is 42.1 Å². The van der Waals surface area contributed by atoms with E-state index in [1.165, 1.54) is 11.3 Å². The van der Waals surface area contributed by atoms with Crippen LogP contribution in [0.25, 0.3) is 0 Å². The van der Waals surface area contributed by atoms with Gasteiger partial charge in [0.15, 0.2) is 0 Å². The predicted molar refractivity (Wildman–Crippen MR) is 78.2 cm³/mol. The second kappa shape index (κ2) is 4.28. The minimum Gasteiger partial charge on any atom is -0.397 e. The highest BCUT2D eigenvalue weighted by Gasteiger charge is 2.23. The summed E-state index contributed by atoms with van der Waals surface area (Å²) in [6.45, 7) is 2.97. The maximum atomic E-state index is 5.87. The van der Waals surface area contributed by atoms with Crippen molar-refractivity contribution >= 4 is 33.1 Å². The zero-order valence-corrected chi connectivity index (χ0v) is 11.7. The van der Waals surface area contributed by atoms with Crippen LogP contribution in [0.4, 0.5) is 17.2 Å². The third kappa shape index (κ3) is 1.68. The number of benzene rings is 1. The van der Waals surface area contributed by atoms with Crippen molar-refractivity contribution in [3.8, 4) is 0 Å². The van der Waals surface area contributed by atoms with E-state index >= 15 is 0 Å². The summed E-state index contributed by atoms with van der Waals surface area (Å²) >= 11 is 3.61. The molecule has 1 aliphatic rings. The molecule has 0 unspecified atom stereocenters. The Labute approximate surface area is 115 Å². The summed E-state index contributed by atoms with van der Waals surface area (Å²) in [6, 6.07) is 8.46. The van der Waals surface area contributed by atoms with Gasteiger partial charge in [0.2, 0.25) is 0 Å². The molecule has 0 amide bonds. The molecule has 92 valence electrons. The number of aromatic nitrogens is 1. The normalized spacial score (nSPS) is 13.8. The Morgan fingerprint density at radius 1 is 1.33 bits per heavy atom. The van der Waals surface area contributed by atoms with Gasteiger partial charge in [-0.2, -0.15) is 0 Å². The van der Waals surface area contributed by atoms with Gasteiger partial charge in [-0.3, -0.25) is 0 Å². The molecule has 4 heteroatoms. The molecule has 2 heterocycles. The minimum atomic E-state index is 0.720. The SMILES string of the molecule is Cc1c(N)cnc(N2CCc3ccccc32)c1Br. The summed E-state index contributed by atoms with van der Waals surface area (Å²) in [6.07, 6.45) is 2.80. The fourth-order valence-corrected chi connectivity index (χ4v) is 2.87. The van der Waals surface area contributed by atoms with Gasteiger partial charge in [0.1, 0.15) is 5.82 Å². The van der Waals surface area contributed by atoms with Crippen molar-refractivity contribution in [2.45, 2.75) is 13.3 Å². The van der Waals surface area contributed by atoms with Crippen LogP contribution in [-0.4, -0.2) is 11.5 Å². The standard InChI is InChI=1S/C14H14BrN3/c1-9-11(16)8-17-14(13(9)15)18-7-6-10-4-2-3-5-12(10)18/h2-5,8H,6-7,16H2,1H3. The molecule has 0 saturated carbocycles. The Balaban J connectivity index is 2.11. The summed E-state index contributed by atoms with van der Waals surface area (Å²) in [5.41, 5.74) is 10.3. The minimum absolute atomic E-state index is 0.720. The van der Waals surface area contributed by atoms with Crippen LogP contribution in [0, 0.1) is 6.92 Å². The van der Waals surface area contributed by atoms with Crippen molar-refractivity contribution in [3.63, 3.8) is 0 Å². The van der Waals surface area contributed by atoms with E-state index < -0.39 is 0 Å². The van der Waals surface area contributed by atoms with Crippen LogP contribution in [0.15, 0.2) is 34.9 Å². The van der Waals surface area contributed by atoms with E-state index in [2.05, 4.69) is 50.1 Å². The zero-order chi connectivity index (χ0) is 12.7. The second-order valence-corrected chi connectivity index (χ2v) is 5.30.